The topological polar surface area (TPSA) is 70.7 Å². The summed E-state index contributed by atoms with van der Waals surface area (Å²) in [5.41, 5.74) is 0.954. The minimum atomic E-state index is -4.40. The van der Waals surface area contributed by atoms with Gasteiger partial charge in [-0.05, 0) is 42.0 Å². The van der Waals surface area contributed by atoms with Crippen molar-refractivity contribution in [3.63, 3.8) is 0 Å². The summed E-state index contributed by atoms with van der Waals surface area (Å²) in [4.78, 5) is 12.2. The predicted molar refractivity (Wildman–Crippen MR) is 91.9 cm³/mol. The molecule has 0 atom stereocenters. The summed E-state index contributed by atoms with van der Waals surface area (Å²) in [7, 11) is 0. The molecule has 136 valence electrons. The van der Waals surface area contributed by atoms with Crippen molar-refractivity contribution in [3.05, 3.63) is 83.2 Å². The lowest BCUT2D eigenvalue weighted by atomic mass is 10.1. The molecule has 8 heteroatoms. The first-order chi connectivity index (χ1) is 12.8. The van der Waals surface area contributed by atoms with Gasteiger partial charge >= 0.3 is 6.18 Å². The van der Waals surface area contributed by atoms with Gasteiger partial charge in [0.1, 0.15) is 0 Å². The molecule has 1 N–H and O–H groups in total. The van der Waals surface area contributed by atoms with Crippen LogP contribution in [0.4, 0.5) is 18.9 Å². The molecule has 1 aromatic heterocycles. The lowest BCUT2D eigenvalue weighted by molar-refractivity contribution is -0.137. The Kier molecular flexibility index (Phi) is 4.94. The highest BCUT2D eigenvalue weighted by atomic mass is 19.4. The van der Waals surface area contributed by atoms with E-state index in [1.807, 2.05) is 6.07 Å². The van der Waals surface area contributed by atoms with E-state index in [-0.39, 0.29) is 12.5 Å². The van der Waals surface area contributed by atoms with Crippen molar-refractivity contribution >= 4 is 11.6 Å². The Balaban J connectivity index is 1.68. The number of nitrogens with one attached hydrogen (secondary N) is 1. The van der Waals surface area contributed by atoms with E-state index in [4.69, 9.17) is 5.26 Å². The summed E-state index contributed by atoms with van der Waals surface area (Å²) >= 11 is 0. The third-order valence-corrected chi connectivity index (χ3v) is 3.77. The largest absolute Gasteiger partial charge is 0.416 e. The number of amides is 1. The van der Waals surface area contributed by atoms with E-state index in [2.05, 4.69) is 10.4 Å². The maximum absolute atomic E-state index is 12.8. The van der Waals surface area contributed by atoms with Crippen LogP contribution in [0.25, 0.3) is 0 Å². The molecule has 0 aliphatic rings. The Labute approximate surface area is 152 Å². The van der Waals surface area contributed by atoms with E-state index in [1.165, 1.54) is 47.4 Å². The van der Waals surface area contributed by atoms with Crippen LogP contribution in [-0.2, 0) is 12.7 Å². The second-order valence-corrected chi connectivity index (χ2v) is 5.77. The van der Waals surface area contributed by atoms with Crippen molar-refractivity contribution < 1.29 is 18.0 Å². The quantitative estimate of drug-likeness (QED) is 0.752. The van der Waals surface area contributed by atoms with Gasteiger partial charge in [0.25, 0.3) is 5.91 Å². The molecule has 0 saturated heterocycles. The molecule has 0 unspecified atom stereocenters. The number of alkyl halides is 3. The fraction of sp³-hybridized carbons (Fsp3) is 0.105. The number of nitriles is 1. The van der Waals surface area contributed by atoms with Gasteiger partial charge in [-0.15, -0.1) is 0 Å². The number of carbonyl (C=O) groups is 1. The van der Waals surface area contributed by atoms with Crippen LogP contribution in [0.2, 0.25) is 0 Å². The first-order valence-corrected chi connectivity index (χ1v) is 7.85. The zero-order chi connectivity index (χ0) is 19.4. The molecule has 0 aliphatic carbocycles. The SMILES string of the molecule is N#Cc1ccc(C(=O)Nc2cnn(Cc3cccc(C(F)(F)F)c3)c2)cc1. The summed E-state index contributed by atoms with van der Waals surface area (Å²) in [5, 5.41) is 15.5. The first kappa shape index (κ1) is 18.2. The number of rotatable bonds is 4. The molecule has 27 heavy (non-hydrogen) atoms. The van der Waals surface area contributed by atoms with Crippen LogP contribution in [0.15, 0.2) is 60.9 Å². The fourth-order valence-corrected chi connectivity index (χ4v) is 2.45. The fourth-order valence-electron chi connectivity index (χ4n) is 2.45. The molecule has 0 aliphatic heterocycles. The third-order valence-electron chi connectivity index (χ3n) is 3.77. The molecule has 5 nitrogen and oxygen atoms in total. The van der Waals surface area contributed by atoms with E-state index in [0.29, 0.717) is 22.4 Å². The molecular weight excluding hydrogens is 357 g/mol. The highest BCUT2D eigenvalue weighted by Gasteiger charge is 2.30. The lowest BCUT2D eigenvalue weighted by Crippen LogP contribution is -2.11. The van der Waals surface area contributed by atoms with Crippen molar-refractivity contribution in [2.24, 2.45) is 0 Å². The van der Waals surface area contributed by atoms with E-state index >= 15 is 0 Å². The Hall–Kier alpha value is -3.60. The van der Waals surface area contributed by atoms with Gasteiger partial charge in [-0.2, -0.15) is 23.5 Å². The van der Waals surface area contributed by atoms with Gasteiger partial charge < -0.3 is 5.32 Å². The molecule has 0 bridgehead atoms. The maximum atomic E-state index is 12.8. The van der Waals surface area contributed by atoms with Gasteiger partial charge in [0.15, 0.2) is 0 Å². The van der Waals surface area contributed by atoms with Gasteiger partial charge in [-0.1, -0.05) is 12.1 Å². The molecule has 0 radical (unpaired) electrons. The molecule has 0 saturated carbocycles. The highest BCUT2D eigenvalue weighted by Crippen LogP contribution is 2.29. The van der Waals surface area contributed by atoms with Gasteiger partial charge in [0.2, 0.25) is 0 Å². The Morgan fingerprint density at radius 1 is 1.19 bits per heavy atom. The number of anilines is 1. The van der Waals surface area contributed by atoms with Crippen LogP contribution >= 0.6 is 0 Å². The van der Waals surface area contributed by atoms with Crippen LogP contribution in [0.5, 0.6) is 0 Å². The summed E-state index contributed by atoms with van der Waals surface area (Å²) in [6.07, 6.45) is -1.46. The van der Waals surface area contributed by atoms with E-state index in [9.17, 15) is 18.0 Å². The number of nitrogens with zero attached hydrogens (tertiary/aromatic N) is 3. The van der Waals surface area contributed by atoms with Crippen LogP contribution < -0.4 is 5.32 Å². The highest BCUT2D eigenvalue weighted by molar-refractivity contribution is 6.04. The zero-order valence-electron chi connectivity index (χ0n) is 13.9. The minimum Gasteiger partial charge on any atom is -0.319 e. The number of halogens is 3. The first-order valence-electron chi connectivity index (χ1n) is 7.85. The molecular formula is C19H13F3N4O. The number of hydrogen-bond donors (Lipinski definition) is 1. The van der Waals surface area contributed by atoms with E-state index in [1.54, 1.807) is 6.07 Å². The van der Waals surface area contributed by atoms with Crippen LogP contribution in [0, 0.1) is 11.3 Å². The van der Waals surface area contributed by atoms with Crippen molar-refractivity contribution in [3.8, 4) is 6.07 Å². The monoisotopic (exact) mass is 370 g/mol. The van der Waals surface area contributed by atoms with Crippen molar-refractivity contribution in [1.29, 1.82) is 5.26 Å². The predicted octanol–water partition coefficient (Wildman–Crippen LogP) is 4.07. The zero-order valence-corrected chi connectivity index (χ0v) is 13.9. The van der Waals surface area contributed by atoms with Gasteiger partial charge in [0.05, 0.1) is 35.6 Å². The van der Waals surface area contributed by atoms with Gasteiger partial charge in [0, 0.05) is 11.8 Å². The van der Waals surface area contributed by atoms with Crippen molar-refractivity contribution in [2.45, 2.75) is 12.7 Å². The normalized spacial score (nSPS) is 11.0. The number of carbonyl (C=O) groups excluding carboxylic acids is 1. The summed E-state index contributed by atoms with van der Waals surface area (Å²) in [5.74, 6) is -0.377. The summed E-state index contributed by atoms with van der Waals surface area (Å²) in [6.45, 7) is 0.136. The molecule has 2 aromatic carbocycles. The average Bonchev–Trinajstić information content (AvgIpc) is 3.08. The minimum absolute atomic E-state index is 0.136. The number of hydrogen-bond acceptors (Lipinski definition) is 3. The maximum Gasteiger partial charge on any atom is 0.416 e. The second-order valence-electron chi connectivity index (χ2n) is 5.77. The number of aromatic nitrogens is 2. The number of benzene rings is 2. The standard InChI is InChI=1S/C19H13F3N4O/c20-19(21,22)16-3-1-2-14(8-16)11-26-12-17(10-24-26)25-18(27)15-6-4-13(9-23)5-7-15/h1-8,10,12H,11H2,(H,25,27). The molecule has 0 spiro atoms. The van der Waals surface area contributed by atoms with Crippen LogP contribution in [-0.4, -0.2) is 15.7 Å². The molecule has 3 aromatic rings. The van der Waals surface area contributed by atoms with E-state index < -0.39 is 11.7 Å². The Bertz CT molecular complexity index is 1000. The Morgan fingerprint density at radius 3 is 2.59 bits per heavy atom. The summed E-state index contributed by atoms with van der Waals surface area (Å²) < 4.78 is 39.8. The summed E-state index contributed by atoms with van der Waals surface area (Å²) in [6, 6.07) is 13.1. The van der Waals surface area contributed by atoms with Crippen molar-refractivity contribution in [1.82, 2.24) is 9.78 Å². The van der Waals surface area contributed by atoms with E-state index in [0.717, 1.165) is 12.1 Å². The van der Waals surface area contributed by atoms with Crippen LogP contribution in [0.1, 0.15) is 27.0 Å². The molecule has 3 rings (SSSR count). The molecule has 0 fully saturated rings. The average molecular weight is 370 g/mol. The van der Waals surface area contributed by atoms with Gasteiger partial charge in [-0.3, -0.25) is 9.48 Å². The Morgan fingerprint density at radius 2 is 1.93 bits per heavy atom. The third kappa shape index (κ3) is 4.52. The molecule has 1 heterocycles. The smallest absolute Gasteiger partial charge is 0.319 e. The lowest BCUT2D eigenvalue weighted by Gasteiger charge is -2.08. The van der Waals surface area contributed by atoms with Crippen LogP contribution in [0.3, 0.4) is 0 Å². The second kappa shape index (κ2) is 7.33. The molecule has 1 amide bonds. The van der Waals surface area contributed by atoms with Crippen molar-refractivity contribution in [2.75, 3.05) is 5.32 Å². The van der Waals surface area contributed by atoms with Gasteiger partial charge in [-0.25, -0.2) is 0 Å².